The molecule has 1 aromatic rings. The number of benzene rings is 1. The molecule has 2 unspecified atom stereocenters. The average molecular weight is 288 g/mol. The maximum atomic E-state index is 12.7. The minimum Gasteiger partial charge on any atom is -0.380 e. The highest BCUT2D eigenvalue weighted by atomic mass is 16.5. The Morgan fingerprint density at radius 2 is 2.10 bits per heavy atom. The number of nitrogens with one attached hydrogen (secondary N) is 1. The molecule has 1 N–H and O–H groups in total. The lowest BCUT2D eigenvalue weighted by molar-refractivity contribution is -0.133. The van der Waals surface area contributed by atoms with Crippen LogP contribution in [0.25, 0.3) is 0 Å². The van der Waals surface area contributed by atoms with Crippen molar-refractivity contribution >= 4 is 17.5 Å². The molecule has 2 atom stereocenters. The first-order chi connectivity index (χ1) is 10.1. The van der Waals surface area contributed by atoms with Crippen LogP contribution < -0.4 is 10.2 Å². The van der Waals surface area contributed by atoms with Gasteiger partial charge in [0, 0.05) is 12.8 Å². The molecular weight excluding hydrogens is 268 g/mol. The van der Waals surface area contributed by atoms with Crippen molar-refractivity contribution in [2.75, 3.05) is 12.0 Å². The molecule has 0 radical (unpaired) electrons. The maximum absolute atomic E-state index is 12.7. The van der Waals surface area contributed by atoms with Gasteiger partial charge in [-0.1, -0.05) is 12.1 Å². The first kappa shape index (κ1) is 14.1. The molecule has 1 aliphatic heterocycles. The number of rotatable bonds is 4. The van der Waals surface area contributed by atoms with E-state index in [1.54, 1.807) is 18.9 Å². The molecule has 1 saturated heterocycles. The highest BCUT2D eigenvalue weighted by Crippen LogP contribution is 2.36. The molecular formula is C16H20N2O3. The van der Waals surface area contributed by atoms with Crippen molar-refractivity contribution in [3.05, 3.63) is 29.8 Å². The fourth-order valence-corrected chi connectivity index (χ4v) is 2.86. The molecule has 1 aliphatic carbocycles. The number of piperazine rings is 1. The molecule has 2 fully saturated rings. The average Bonchev–Trinajstić information content (AvgIpc) is 3.28. The van der Waals surface area contributed by atoms with Gasteiger partial charge in [0.25, 0.3) is 5.91 Å². The van der Waals surface area contributed by atoms with E-state index in [2.05, 4.69) is 5.32 Å². The van der Waals surface area contributed by atoms with E-state index in [-0.39, 0.29) is 17.9 Å². The Labute approximate surface area is 124 Å². The number of carbonyl (C=O) groups is 2. The second-order valence-corrected chi connectivity index (χ2v) is 5.81. The molecule has 5 nitrogen and oxygen atoms in total. The van der Waals surface area contributed by atoms with E-state index < -0.39 is 6.04 Å². The van der Waals surface area contributed by atoms with Crippen LogP contribution in [-0.2, 0) is 20.9 Å². The molecule has 2 amide bonds. The third-order valence-corrected chi connectivity index (χ3v) is 4.16. The fourth-order valence-electron chi connectivity index (χ4n) is 2.86. The summed E-state index contributed by atoms with van der Waals surface area (Å²) in [6.45, 7) is 2.25. The lowest BCUT2D eigenvalue weighted by Crippen LogP contribution is -2.63. The quantitative estimate of drug-likeness (QED) is 0.912. The Balaban J connectivity index is 1.91. The van der Waals surface area contributed by atoms with Crippen LogP contribution in [0.1, 0.15) is 25.3 Å². The lowest BCUT2D eigenvalue weighted by Gasteiger charge is -2.37. The molecule has 0 spiro atoms. The van der Waals surface area contributed by atoms with Crippen molar-refractivity contribution in [2.45, 2.75) is 38.5 Å². The number of hydrogen-bond donors (Lipinski definition) is 1. The fraction of sp³-hybridized carbons (Fsp3) is 0.500. The standard InChI is InChI=1S/C16H20N2O3/c1-10-15(19)17-14(12-6-7-12)16(20)18(10)13-5-3-4-11(8-13)9-21-2/h3-5,8,10,12,14H,6-7,9H2,1-2H3,(H,17,19). The molecule has 1 heterocycles. The van der Waals surface area contributed by atoms with Gasteiger partial charge in [0.05, 0.1) is 6.61 Å². The number of methoxy groups -OCH3 is 1. The summed E-state index contributed by atoms with van der Waals surface area (Å²) in [5.74, 6) is 0.224. The molecule has 0 aromatic heterocycles. The smallest absolute Gasteiger partial charge is 0.250 e. The summed E-state index contributed by atoms with van der Waals surface area (Å²) in [7, 11) is 1.64. The first-order valence-corrected chi connectivity index (χ1v) is 7.33. The number of carbonyl (C=O) groups excluding carboxylic acids is 2. The van der Waals surface area contributed by atoms with Crippen molar-refractivity contribution in [1.82, 2.24) is 5.32 Å². The van der Waals surface area contributed by atoms with Crippen LogP contribution >= 0.6 is 0 Å². The summed E-state index contributed by atoms with van der Waals surface area (Å²) in [5, 5.41) is 2.86. The normalized spacial score (nSPS) is 25.9. The van der Waals surface area contributed by atoms with Gasteiger partial charge in [-0.05, 0) is 43.4 Å². The molecule has 21 heavy (non-hydrogen) atoms. The maximum Gasteiger partial charge on any atom is 0.250 e. The van der Waals surface area contributed by atoms with Gasteiger partial charge in [-0.15, -0.1) is 0 Å². The number of nitrogens with zero attached hydrogens (tertiary/aromatic N) is 1. The molecule has 2 aliphatic rings. The Morgan fingerprint density at radius 3 is 2.76 bits per heavy atom. The van der Waals surface area contributed by atoms with E-state index in [1.165, 1.54) is 0 Å². The zero-order valence-corrected chi connectivity index (χ0v) is 12.3. The summed E-state index contributed by atoms with van der Waals surface area (Å²) in [4.78, 5) is 26.5. The van der Waals surface area contributed by atoms with Crippen LogP contribution in [-0.4, -0.2) is 31.0 Å². The van der Waals surface area contributed by atoms with Gasteiger partial charge in [-0.2, -0.15) is 0 Å². The van der Waals surface area contributed by atoms with Gasteiger partial charge in [0.1, 0.15) is 12.1 Å². The second-order valence-electron chi connectivity index (χ2n) is 5.81. The highest BCUT2D eigenvalue weighted by molar-refractivity contribution is 6.08. The predicted molar refractivity (Wildman–Crippen MR) is 78.8 cm³/mol. The third-order valence-electron chi connectivity index (χ3n) is 4.16. The van der Waals surface area contributed by atoms with Crippen molar-refractivity contribution < 1.29 is 14.3 Å². The van der Waals surface area contributed by atoms with Gasteiger partial charge in [0.15, 0.2) is 0 Å². The van der Waals surface area contributed by atoms with E-state index >= 15 is 0 Å². The summed E-state index contributed by atoms with van der Waals surface area (Å²) in [6, 6.07) is 6.79. The largest absolute Gasteiger partial charge is 0.380 e. The van der Waals surface area contributed by atoms with Crippen LogP contribution in [0, 0.1) is 5.92 Å². The number of amides is 2. The van der Waals surface area contributed by atoms with Crippen LogP contribution in [0.15, 0.2) is 24.3 Å². The number of anilines is 1. The summed E-state index contributed by atoms with van der Waals surface area (Å²) < 4.78 is 5.13. The molecule has 5 heteroatoms. The van der Waals surface area contributed by atoms with E-state index in [0.29, 0.717) is 12.5 Å². The third kappa shape index (κ3) is 2.65. The summed E-state index contributed by atoms with van der Waals surface area (Å²) >= 11 is 0. The zero-order valence-electron chi connectivity index (χ0n) is 12.3. The number of hydrogen-bond acceptors (Lipinski definition) is 3. The molecule has 112 valence electrons. The predicted octanol–water partition coefficient (Wildman–Crippen LogP) is 1.46. The zero-order chi connectivity index (χ0) is 15.0. The molecule has 1 aromatic carbocycles. The summed E-state index contributed by atoms with van der Waals surface area (Å²) in [6.07, 6.45) is 2.03. The molecule has 1 saturated carbocycles. The lowest BCUT2D eigenvalue weighted by atomic mass is 10.0. The van der Waals surface area contributed by atoms with E-state index in [0.717, 1.165) is 24.1 Å². The van der Waals surface area contributed by atoms with E-state index in [1.807, 2.05) is 24.3 Å². The first-order valence-electron chi connectivity index (χ1n) is 7.33. The minimum absolute atomic E-state index is 0.000771. The Hall–Kier alpha value is -1.88. The van der Waals surface area contributed by atoms with Crippen LogP contribution in [0.4, 0.5) is 5.69 Å². The van der Waals surface area contributed by atoms with Crippen LogP contribution in [0.3, 0.4) is 0 Å². The Kier molecular flexibility index (Phi) is 3.68. The van der Waals surface area contributed by atoms with E-state index in [9.17, 15) is 9.59 Å². The topological polar surface area (TPSA) is 58.6 Å². The van der Waals surface area contributed by atoms with Gasteiger partial charge in [-0.25, -0.2) is 0 Å². The number of ether oxygens (including phenoxy) is 1. The van der Waals surface area contributed by atoms with Gasteiger partial charge < -0.3 is 10.1 Å². The monoisotopic (exact) mass is 288 g/mol. The van der Waals surface area contributed by atoms with Gasteiger partial charge in [-0.3, -0.25) is 14.5 Å². The van der Waals surface area contributed by atoms with Crippen molar-refractivity contribution in [1.29, 1.82) is 0 Å². The van der Waals surface area contributed by atoms with Crippen LogP contribution in [0.2, 0.25) is 0 Å². The van der Waals surface area contributed by atoms with Gasteiger partial charge >= 0.3 is 0 Å². The van der Waals surface area contributed by atoms with Crippen molar-refractivity contribution in [3.63, 3.8) is 0 Å². The van der Waals surface area contributed by atoms with E-state index in [4.69, 9.17) is 4.74 Å². The molecule has 0 bridgehead atoms. The van der Waals surface area contributed by atoms with Crippen LogP contribution in [0.5, 0.6) is 0 Å². The Bertz CT molecular complexity index is 568. The molecule has 3 rings (SSSR count). The Morgan fingerprint density at radius 1 is 1.33 bits per heavy atom. The highest BCUT2D eigenvalue weighted by Gasteiger charge is 2.45. The second kappa shape index (κ2) is 5.48. The van der Waals surface area contributed by atoms with Gasteiger partial charge in [0.2, 0.25) is 5.91 Å². The summed E-state index contributed by atoms with van der Waals surface area (Å²) in [5.41, 5.74) is 1.76. The minimum atomic E-state index is -0.481. The van der Waals surface area contributed by atoms with Crippen molar-refractivity contribution in [2.24, 2.45) is 5.92 Å². The SMILES string of the molecule is COCc1cccc(N2C(=O)C(C3CC3)NC(=O)C2C)c1. The van der Waals surface area contributed by atoms with Crippen molar-refractivity contribution in [3.8, 4) is 0 Å².